The van der Waals surface area contributed by atoms with Crippen LogP contribution in [0.15, 0.2) is 17.1 Å². The zero-order valence-corrected chi connectivity index (χ0v) is 10.2. The molecule has 0 unspecified atom stereocenters. The van der Waals surface area contributed by atoms with Gasteiger partial charge in [0, 0.05) is 0 Å². The Morgan fingerprint density at radius 2 is 1.78 bits per heavy atom. The number of anilines is 1. The highest BCUT2D eigenvalue weighted by molar-refractivity contribution is 6.43. The van der Waals surface area contributed by atoms with Gasteiger partial charge in [0.2, 0.25) is 0 Å². The lowest BCUT2D eigenvalue weighted by atomic mass is 10.2. The SMILES string of the molecule is N=C1C=NCN1c1c(Cl)cc(C(F)(F)F)cc1Cl. The Balaban J connectivity index is 2.48. The molecule has 0 saturated heterocycles. The number of halogens is 5. The summed E-state index contributed by atoms with van der Waals surface area (Å²) in [5, 5.41) is 7.23. The maximum atomic E-state index is 12.5. The number of rotatable bonds is 1. The minimum absolute atomic E-state index is 0.0264. The van der Waals surface area contributed by atoms with Crippen LogP contribution >= 0.6 is 23.2 Å². The van der Waals surface area contributed by atoms with Crippen molar-refractivity contribution in [3.05, 3.63) is 27.7 Å². The summed E-state index contributed by atoms with van der Waals surface area (Å²) in [6.07, 6.45) is -3.23. The zero-order valence-electron chi connectivity index (χ0n) is 8.72. The standard InChI is InChI=1S/C10H6Cl2F3N3/c11-6-1-5(10(13,14)15)2-7(12)9(6)18-4-17-3-8(18)16/h1-3,16H,4H2. The van der Waals surface area contributed by atoms with Crippen LogP contribution < -0.4 is 4.90 Å². The molecule has 0 amide bonds. The zero-order chi connectivity index (χ0) is 13.5. The number of aliphatic imine (C=N–C) groups is 1. The first-order valence-corrected chi connectivity index (χ1v) is 5.48. The molecule has 96 valence electrons. The third kappa shape index (κ3) is 2.30. The van der Waals surface area contributed by atoms with E-state index in [0.717, 1.165) is 12.1 Å². The molecule has 3 nitrogen and oxygen atoms in total. The summed E-state index contributed by atoms with van der Waals surface area (Å²) in [6.45, 7) is 0.115. The summed E-state index contributed by atoms with van der Waals surface area (Å²) < 4.78 is 37.6. The van der Waals surface area contributed by atoms with E-state index in [9.17, 15) is 13.2 Å². The van der Waals surface area contributed by atoms with Crippen LogP contribution in [0.5, 0.6) is 0 Å². The Hall–Kier alpha value is -1.27. The predicted molar refractivity (Wildman–Crippen MR) is 65.0 cm³/mol. The lowest BCUT2D eigenvalue weighted by Crippen LogP contribution is -2.26. The minimum atomic E-state index is -4.51. The van der Waals surface area contributed by atoms with Gasteiger partial charge in [-0.1, -0.05) is 23.2 Å². The van der Waals surface area contributed by atoms with E-state index in [-0.39, 0.29) is 28.2 Å². The molecule has 1 aromatic rings. The van der Waals surface area contributed by atoms with Crippen LogP contribution in [-0.2, 0) is 6.18 Å². The summed E-state index contributed by atoms with van der Waals surface area (Å²) >= 11 is 11.6. The highest BCUT2D eigenvalue weighted by Crippen LogP contribution is 2.40. The van der Waals surface area contributed by atoms with Gasteiger partial charge >= 0.3 is 6.18 Å². The molecule has 18 heavy (non-hydrogen) atoms. The summed E-state index contributed by atoms with van der Waals surface area (Å²) in [7, 11) is 0. The molecule has 1 heterocycles. The van der Waals surface area contributed by atoms with E-state index in [1.54, 1.807) is 0 Å². The average molecular weight is 296 g/mol. The monoisotopic (exact) mass is 295 g/mol. The first-order valence-electron chi connectivity index (χ1n) is 4.73. The minimum Gasteiger partial charge on any atom is -0.303 e. The van der Waals surface area contributed by atoms with Crippen LogP contribution in [0.4, 0.5) is 18.9 Å². The van der Waals surface area contributed by atoms with E-state index in [0.29, 0.717) is 0 Å². The first-order chi connectivity index (χ1) is 8.30. The maximum absolute atomic E-state index is 12.5. The molecule has 1 aliphatic rings. The summed E-state index contributed by atoms with van der Waals surface area (Å²) in [4.78, 5) is 5.14. The van der Waals surface area contributed by atoms with E-state index in [2.05, 4.69) is 4.99 Å². The second kappa shape index (κ2) is 4.44. The van der Waals surface area contributed by atoms with Crippen molar-refractivity contribution in [2.45, 2.75) is 6.18 Å². The van der Waals surface area contributed by atoms with Gasteiger partial charge in [-0.3, -0.25) is 10.4 Å². The van der Waals surface area contributed by atoms with Gasteiger partial charge in [0.15, 0.2) is 0 Å². The molecule has 0 radical (unpaired) electrons. The summed E-state index contributed by atoms with van der Waals surface area (Å²) in [5.41, 5.74) is -0.762. The van der Waals surface area contributed by atoms with Crippen LogP contribution in [0.3, 0.4) is 0 Å². The molecular formula is C10H6Cl2F3N3. The van der Waals surface area contributed by atoms with Crippen molar-refractivity contribution in [2.75, 3.05) is 11.6 Å². The molecule has 0 aliphatic carbocycles. The number of nitrogens with zero attached hydrogens (tertiary/aromatic N) is 2. The Morgan fingerprint density at radius 1 is 1.22 bits per heavy atom. The fraction of sp³-hybridized carbons (Fsp3) is 0.200. The Morgan fingerprint density at radius 3 is 2.17 bits per heavy atom. The van der Waals surface area contributed by atoms with Crippen molar-refractivity contribution in [3.8, 4) is 0 Å². The fourth-order valence-corrected chi connectivity index (χ4v) is 2.22. The first kappa shape index (κ1) is 13.2. The van der Waals surface area contributed by atoms with Crippen LogP contribution in [0.25, 0.3) is 0 Å². The Kier molecular flexibility index (Phi) is 3.25. The fourth-order valence-electron chi connectivity index (χ4n) is 1.53. The summed E-state index contributed by atoms with van der Waals surface area (Å²) in [6, 6.07) is 1.57. The smallest absolute Gasteiger partial charge is 0.303 e. The quantitative estimate of drug-likeness (QED) is 0.840. The van der Waals surface area contributed by atoms with Gasteiger partial charge in [-0.2, -0.15) is 13.2 Å². The number of hydrogen-bond acceptors (Lipinski definition) is 2. The van der Waals surface area contributed by atoms with Gasteiger partial charge in [-0.25, -0.2) is 0 Å². The molecule has 8 heteroatoms. The molecule has 0 saturated carbocycles. The van der Waals surface area contributed by atoms with Crippen molar-refractivity contribution in [2.24, 2.45) is 4.99 Å². The van der Waals surface area contributed by atoms with E-state index in [4.69, 9.17) is 28.6 Å². The van der Waals surface area contributed by atoms with Crippen LogP contribution in [-0.4, -0.2) is 18.7 Å². The largest absolute Gasteiger partial charge is 0.416 e. The van der Waals surface area contributed by atoms with Gasteiger partial charge in [0.1, 0.15) is 12.5 Å². The van der Waals surface area contributed by atoms with Crippen molar-refractivity contribution in [3.63, 3.8) is 0 Å². The van der Waals surface area contributed by atoms with E-state index in [1.807, 2.05) is 0 Å². The van der Waals surface area contributed by atoms with Crippen molar-refractivity contribution in [1.82, 2.24) is 0 Å². The maximum Gasteiger partial charge on any atom is 0.416 e. The highest BCUT2D eigenvalue weighted by atomic mass is 35.5. The van der Waals surface area contributed by atoms with Crippen LogP contribution in [0.1, 0.15) is 5.56 Å². The number of nitrogens with one attached hydrogen (secondary N) is 1. The third-order valence-corrected chi connectivity index (χ3v) is 2.92. The van der Waals surface area contributed by atoms with Crippen molar-refractivity contribution in [1.29, 1.82) is 5.41 Å². The second-order valence-corrected chi connectivity index (χ2v) is 4.37. The third-order valence-electron chi connectivity index (χ3n) is 2.34. The molecule has 1 N–H and O–H groups in total. The predicted octanol–water partition coefficient (Wildman–Crippen LogP) is 3.84. The lowest BCUT2D eigenvalue weighted by molar-refractivity contribution is -0.137. The van der Waals surface area contributed by atoms with Gasteiger partial charge in [0.05, 0.1) is 27.5 Å². The van der Waals surface area contributed by atoms with E-state index >= 15 is 0 Å². The molecule has 1 aliphatic heterocycles. The number of alkyl halides is 3. The highest BCUT2D eigenvalue weighted by Gasteiger charge is 2.33. The molecule has 2 rings (SSSR count). The Labute approximate surface area is 110 Å². The van der Waals surface area contributed by atoms with Crippen molar-refractivity contribution < 1.29 is 13.2 Å². The average Bonchev–Trinajstić information content (AvgIpc) is 2.62. The molecule has 0 aromatic heterocycles. The van der Waals surface area contributed by atoms with E-state index < -0.39 is 11.7 Å². The molecule has 0 fully saturated rings. The van der Waals surface area contributed by atoms with Crippen LogP contribution in [0.2, 0.25) is 10.0 Å². The molecule has 0 spiro atoms. The number of hydrogen-bond donors (Lipinski definition) is 1. The number of amidine groups is 1. The molecule has 0 atom stereocenters. The lowest BCUT2D eigenvalue weighted by Gasteiger charge is -2.20. The topological polar surface area (TPSA) is 39.5 Å². The second-order valence-electron chi connectivity index (χ2n) is 3.55. The van der Waals surface area contributed by atoms with Gasteiger partial charge in [0.25, 0.3) is 0 Å². The molecular weight excluding hydrogens is 290 g/mol. The Bertz CT molecular complexity index is 517. The van der Waals surface area contributed by atoms with Gasteiger partial charge in [-0.15, -0.1) is 0 Å². The molecule has 0 bridgehead atoms. The molecule has 1 aromatic carbocycles. The van der Waals surface area contributed by atoms with Crippen molar-refractivity contribution >= 4 is 40.9 Å². The normalized spacial score (nSPS) is 15.6. The number of benzene rings is 1. The van der Waals surface area contributed by atoms with Gasteiger partial charge in [-0.05, 0) is 12.1 Å². The summed E-state index contributed by atoms with van der Waals surface area (Å²) in [5.74, 6) is 0.0264. The van der Waals surface area contributed by atoms with Gasteiger partial charge < -0.3 is 4.90 Å². The van der Waals surface area contributed by atoms with E-state index in [1.165, 1.54) is 11.1 Å². The van der Waals surface area contributed by atoms with Crippen LogP contribution in [0, 0.1) is 5.41 Å².